The minimum atomic E-state index is -0.446. The van der Waals surface area contributed by atoms with Crippen LogP contribution in [0.4, 0.5) is 0 Å². The van der Waals surface area contributed by atoms with E-state index in [2.05, 4.69) is 9.97 Å². The second-order valence-corrected chi connectivity index (χ2v) is 7.77. The van der Waals surface area contributed by atoms with Crippen molar-refractivity contribution >= 4 is 5.91 Å². The van der Waals surface area contributed by atoms with E-state index in [1.165, 1.54) is 12.8 Å². The fourth-order valence-electron chi connectivity index (χ4n) is 3.82. The van der Waals surface area contributed by atoms with Gasteiger partial charge in [0.15, 0.2) is 0 Å². The van der Waals surface area contributed by atoms with E-state index in [0.29, 0.717) is 22.5 Å². The van der Waals surface area contributed by atoms with Crippen LogP contribution in [-0.4, -0.2) is 39.0 Å². The normalized spacial score (nSPS) is 14.4. The van der Waals surface area contributed by atoms with E-state index in [4.69, 9.17) is 0 Å². The van der Waals surface area contributed by atoms with E-state index in [9.17, 15) is 14.7 Å². The summed E-state index contributed by atoms with van der Waals surface area (Å²) < 4.78 is 0. The van der Waals surface area contributed by atoms with Crippen molar-refractivity contribution in [1.82, 2.24) is 14.9 Å². The summed E-state index contributed by atoms with van der Waals surface area (Å²) in [6.07, 6.45) is 4.48. The molecule has 30 heavy (non-hydrogen) atoms. The number of nitrogens with one attached hydrogen (secondary N) is 1. The molecule has 6 nitrogen and oxygen atoms in total. The number of rotatable bonds is 3. The molecule has 0 bridgehead atoms. The van der Waals surface area contributed by atoms with Crippen LogP contribution in [-0.2, 0) is 0 Å². The highest BCUT2D eigenvalue weighted by atomic mass is 16.3. The van der Waals surface area contributed by atoms with Gasteiger partial charge < -0.3 is 15.0 Å². The van der Waals surface area contributed by atoms with Gasteiger partial charge in [0.05, 0.1) is 11.4 Å². The van der Waals surface area contributed by atoms with Gasteiger partial charge in [-0.05, 0) is 67.3 Å². The predicted octanol–water partition coefficient (Wildman–Crippen LogP) is 4.13. The zero-order chi connectivity index (χ0) is 21.1. The molecule has 2 aromatic carbocycles. The maximum atomic E-state index is 12.8. The molecule has 3 aromatic rings. The lowest BCUT2D eigenvalue weighted by molar-refractivity contribution is 0.0761. The zero-order valence-corrected chi connectivity index (χ0v) is 17.0. The number of carbonyl (C=O) groups is 1. The molecule has 2 N–H and O–H groups in total. The first-order chi connectivity index (χ1) is 14.5. The van der Waals surface area contributed by atoms with E-state index < -0.39 is 5.69 Å². The van der Waals surface area contributed by atoms with Crippen molar-refractivity contribution in [3.05, 3.63) is 70.1 Å². The number of phenols is 1. The van der Waals surface area contributed by atoms with Gasteiger partial charge >= 0.3 is 5.69 Å². The topological polar surface area (TPSA) is 86.3 Å². The smallest absolute Gasteiger partial charge is 0.345 e. The number of phenolic OH excluding ortho intramolecular Hbond substituents is 1. The van der Waals surface area contributed by atoms with Crippen molar-refractivity contribution in [2.75, 3.05) is 13.1 Å². The fraction of sp³-hybridized carbons (Fsp3) is 0.292. The first-order valence-corrected chi connectivity index (χ1v) is 10.3. The molecule has 1 fully saturated rings. The standard InChI is InChI=1S/C24H25N3O3/c1-16-14-19(10-11-22(16)28)21-15-20(25-24(30)26-21)17-6-8-18(9-7-17)23(29)27-12-4-2-3-5-13-27/h6-11,14-15,28H,2-5,12-13H2,1H3,(H,25,26,30). The third-order valence-corrected chi connectivity index (χ3v) is 5.57. The molecule has 2 heterocycles. The van der Waals surface area contributed by atoms with Crippen LogP contribution in [0.15, 0.2) is 53.3 Å². The van der Waals surface area contributed by atoms with Gasteiger partial charge in [-0.25, -0.2) is 4.79 Å². The van der Waals surface area contributed by atoms with Gasteiger partial charge in [0, 0.05) is 24.2 Å². The van der Waals surface area contributed by atoms with Crippen LogP contribution in [0.25, 0.3) is 22.5 Å². The Hall–Kier alpha value is -3.41. The highest BCUT2D eigenvalue weighted by molar-refractivity contribution is 5.94. The average molecular weight is 403 g/mol. The number of carbonyl (C=O) groups excluding carboxylic acids is 1. The van der Waals surface area contributed by atoms with Crippen molar-refractivity contribution in [1.29, 1.82) is 0 Å². The van der Waals surface area contributed by atoms with Gasteiger partial charge in [-0.2, -0.15) is 4.98 Å². The number of aromatic amines is 1. The maximum Gasteiger partial charge on any atom is 0.345 e. The molecule has 0 spiro atoms. The monoisotopic (exact) mass is 403 g/mol. The number of aromatic hydroxyl groups is 1. The van der Waals surface area contributed by atoms with Gasteiger partial charge in [-0.3, -0.25) is 4.79 Å². The third kappa shape index (κ3) is 4.27. The third-order valence-electron chi connectivity index (χ3n) is 5.57. The zero-order valence-electron chi connectivity index (χ0n) is 17.0. The van der Waals surface area contributed by atoms with E-state index in [1.807, 2.05) is 29.2 Å². The minimum Gasteiger partial charge on any atom is -0.508 e. The van der Waals surface area contributed by atoms with Crippen LogP contribution >= 0.6 is 0 Å². The SMILES string of the molecule is Cc1cc(-c2cc(-c3ccc(C(=O)N4CCCCCC4)cc3)[nH]c(=O)n2)ccc1O. The Labute approximate surface area is 175 Å². The molecular weight excluding hydrogens is 378 g/mol. The Morgan fingerprint density at radius 3 is 2.30 bits per heavy atom. The number of aryl methyl sites for hydroxylation is 1. The summed E-state index contributed by atoms with van der Waals surface area (Å²) in [5.74, 6) is 0.264. The Morgan fingerprint density at radius 2 is 1.63 bits per heavy atom. The highest BCUT2D eigenvalue weighted by Gasteiger charge is 2.17. The molecule has 0 unspecified atom stereocenters. The summed E-state index contributed by atoms with van der Waals surface area (Å²) in [6, 6.07) is 14.2. The van der Waals surface area contributed by atoms with Crippen LogP contribution in [0.1, 0.15) is 41.6 Å². The summed E-state index contributed by atoms with van der Waals surface area (Å²) in [4.78, 5) is 33.7. The fourth-order valence-corrected chi connectivity index (χ4v) is 3.82. The molecule has 1 aliphatic rings. The van der Waals surface area contributed by atoms with Crippen molar-refractivity contribution < 1.29 is 9.90 Å². The van der Waals surface area contributed by atoms with Crippen molar-refractivity contribution in [2.45, 2.75) is 32.6 Å². The summed E-state index contributed by atoms with van der Waals surface area (Å²) in [5, 5.41) is 9.74. The van der Waals surface area contributed by atoms with Crippen molar-refractivity contribution in [3.63, 3.8) is 0 Å². The molecule has 0 aliphatic carbocycles. The summed E-state index contributed by atoms with van der Waals surface area (Å²) in [6.45, 7) is 3.42. The Morgan fingerprint density at radius 1 is 0.967 bits per heavy atom. The van der Waals surface area contributed by atoms with E-state index in [0.717, 1.165) is 37.1 Å². The van der Waals surface area contributed by atoms with Gasteiger partial charge in [-0.15, -0.1) is 0 Å². The number of benzene rings is 2. The molecule has 4 rings (SSSR count). The molecule has 0 atom stereocenters. The van der Waals surface area contributed by atoms with Crippen molar-refractivity contribution in [3.8, 4) is 28.3 Å². The predicted molar refractivity (Wildman–Crippen MR) is 117 cm³/mol. The van der Waals surface area contributed by atoms with Crippen LogP contribution < -0.4 is 5.69 Å². The minimum absolute atomic E-state index is 0.0620. The number of amides is 1. The lowest BCUT2D eigenvalue weighted by Gasteiger charge is -2.20. The maximum absolute atomic E-state index is 12.8. The number of hydrogen-bond donors (Lipinski definition) is 2. The quantitative estimate of drug-likeness (QED) is 0.688. The second kappa shape index (κ2) is 8.53. The van der Waals surface area contributed by atoms with Gasteiger partial charge in [0.2, 0.25) is 0 Å². The molecule has 0 radical (unpaired) electrons. The molecule has 6 heteroatoms. The summed E-state index contributed by atoms with van der Waals surface area (Å²) in [7, 11) is 0. The second-order valence-electron chi connectivity index (χ2n) is 7.77. The summed E-state index contributed by atoms with van der Waals surface area (Å²) in [5.41, 5.74) is 3.65. The van der Waals surface area contributed by atoms with E-state index in [1.54, 1.807) is 31.2 Å². The van der Waals surface area contributed by atoms with E-state index in [-0.39, 0.29) is 11.7 Å². The average Bonchev–Trinajstić information content (AvgIpc) is 3.04. The van der Waals surface area contributed by atoms with Gasteiger partial charge in [0.1, 0.15) is 5.75 Å². The molecule has 154 valence electrons. The summed E-state index contributed by atoms with van der Waals surface area (Å²) >= 11 is 0. The first-order valence-electron chi connectivity index (χ1n) is 10.3. The lowest BCUT2D eigenvalue weighted by atomic mass is 10.0. The number of H-pyrrole nitrogens is 1. The number of aromatic nitrogens is 2. The van der Waals surface area contributed by atoms with Gasteiger partial charge in [0.25, 0.3) is 5.91 Å². The molecule has 1 aliphatic heterocycles. The molecular formula is C24H25N3O3. The Bertz CT molecular complexity index is 1110. The Balaban J connectivity index is 1.61. The molecule has 0 saturated carbocycles. The van der Waals surface area contributed by atoms with Crippen LogP contribution in [0.5, 0.6) is 5.75 Å². The molecule has 1 saturated heterocycles. The highest BCUT2D eigenvalue weighted by Crippen LogP contribution is 2.26. The van der Waals surface area contributed by atoms with Gasteiger partial charge in [-0.1, -0.05) is 25.0 Å². The molecule has 1 amide bonds. The number of likely N-dealkylation sites (tertiary alicyclic amines) is 1. The largest absolute Gasteiger partial charge is 0.508 e. The van der Waals surface area contributed by atoms with Crippen LogP contribution in [0.3, 0.4) is 0 Å². The molecule has 1 aromatic heterocycles. The van der Waals surface area contributed by atoms with E-state index >= 15 is 0 Å². The first kappa shape index (κ1) is 19.9. The lowest BCUT2D eigenvalue weighted by Crippen LogP contribution is -2.31. The van der Waals surface area contributed by atoms with Crippen LogP contribution in [0, 0.1) is 6.92 Å². The number of nitrogens with zero attached hydrogens (tertiary/aromatic N) is 2. The van der Waals surface area contributed by atoms with Crippen molar-refractivity contribution in [2.24, 2.45) is 0 Å². The number of hydrogen-bond acceptors (Lipinski definition) is 4. The van der Waals surface area contributed by atoms with Crippen LogP contribution in [0.2, 0.25) is 0 Å². The Kier molecular flexibility index (Phi) is 5.65.